The van der Waals surface area contributed by atoms with E-state index in [0.717, 1.165) is 0 Å². The summed E-state index contributed by atoms with van der Waals surface area (Å²) in [4.78, 5) is 15.8. The Morgan fingerprint density at radius 2 is 2.29 bits per heavy atom. The quantitative estimate of drug-likeness (QED) is 0.738. The third-order valence-corrected chi connectivity index (χ3v) is 1.60. The van der Waals surface area contributed by atoms with Crippen molar-refractivity contribution < 1.29 is 14.4 Å². The Bertz CT molecular complexity index is 312. The Morgan fingerprint density at radius 1 is 1.50 bits per heavy atom. The van der Waals surface area contributed by atoms with Crippen molar-refractivity contribution in [3.05, 3.63) is 29.8 Å². The second kappa shape index (κ2) is 5.24. The molecular weight excluding hydrogens is 182 g/mol. The van der Waals surface area contributed by atoms with Gasteiger partial charge in [-0.1, -0.05) is 6.07 Å². The second-order valence-corrected chi connectivity index (χ2v) is 2.60. The van der Waals surface area contributed by atoms with E-state index in [0.29, 0.717) is 17.9 Å². The molecule has 1 rings (SSSR count). The summed E-state index contributed by atoms with van der Waals surface area (Å²) in [5, 5.41) is 0. The molecule has 0 saturated heterocycles. The fraction of sp³-hybridized carbons (Fsp3) is 0.300. The lowest BCUT2D eigenvalue weighted by molar-refractivity contribution is 0.0537. The maximum Gasteiger partial charge on any atom is 0.274 e. The molecule has 0 spiro atoms. The van der Waals surface area contributed by atoms with Crippen molar-refractivity contribution in [1.82, 2.24) is 5.48 Å². The maximum atomic E-state index is 11.3. The minimum Gasteiger partial charge on any atom is -0.494 e. The molecule has 0 aliphatic carbocycles. The smallest absolute Gasteiger partial charge is 0.274 e. The van der Waals surface area contributed by atoms with E-state index >= 15 is 0 Å². The highest BCUT2D eigenvalue weighted by Gasteiger charge is 2.05. The lowest BCUT2D eigenvalue weighted by Crippen LogP contribution is -2.21. The molecule has 0 aromatic heterocycles. The van der Waals surface area contributed by atoms with Crippen molar-refractivity contribution >= 4 is 5.91 Å². The molecule has 1 aromatic rings. The van der Waals surface area contributed by atoms with Crippen LogP contribution < -0.4 is 10.2 Å². The number of hydrogen-bond acceptors (Lipinski definition) is 3. The van der Waals surface area contributed by atoms with E-state index in [2.05, 4.69) is 10.3 Å². The van der Waals surface area contributed by atoms with E-state index in [1.807, 2.05) is 6.92 Å². The van der Waals surface area contributed by atoms with Crippen LogP contribution in [0.15, 0.2) is 24.3 Å². The van der Waals surface area contributed by atoms with Crippen molar-refractivity contribution in [2.45, 2.75) is 6.92 Å². The summed E-state index contributed by atoms with van der Waals surface area (Å²) in [7, 11) is 1.39. The number of ether oxygens (including phenoxy) is 1. The molecule has 0 aliphatic heterocycles. The maximum absolute atomic E-state index is 11.3. The van der Waals surface area contributed by atoms with Gasteiger partial charge in [-0.25, -0.2) is 5.48 Å². The molecule has 0 fully saturated rings. The van der Waals surface area contributed by atoms with Crippen LogP contribution in [0.5, 0.6) is 5.75 Å². The van der Waals surface area contributed by atoms with Crippen LogP contribution in [0.25, 0.3) is 0 Å². The number of carbonyl (C=O) groups excluding carboxylic acids is 1. The van der Waals surface area contributed by atoms with Crippen molar-refractivity contribution in [1.29, 1.82) is 0 Å². The minimum absolute atomic E-state index is 0.283. The zero-order valence-electron chi connectivity index (χ0n) is 8.24. The number of hydroxylamine groups is 1. The largest absolute Gasteiger partial charge is 0.494 e. The van der Waals surface area contributed by atoms with Gasteiger partial charge in [0.05, 0.1) is 13.7 Å². The number of benzene rings is 1. The van der Waals surface area contributed by atoms with Crippen molar-refractivity contribution in [2.24, 2.45) is 0 Å². The first kappa shape index (κ1) is 10.5. The Kier molecular flexibility index (Phi) is 3.94. The van der Waals surface area contributed by atoms with Gasteiger partial charge in [0.25, 0.3) is 5.91 Å². The predicted molar refractivity (Wildman–Crippen MR) is 52.1 cm³/mol. The SMILES string of the molecule is CCOc1cccc(C(=O)NOC)c1. The normalized spacial score (nSPS) is 9.57. The summed E-state index contributed by atoms with van der Waals surface area (Å²) in [6.45, 7) is 2.47. The molecule has 0 bridgehead atoms. The van der Waals surface area contributed by atoms with Gasteiger partial charge in [-0.05, 0) is 25.1 Å². The molecule has 0 saturated carbocycles. The third-order valence-electron chi connectivity index (χ3n) is 1.60. The number of carbonyl (C=O) groups is 1. The van der Waals surface area contributed by atoms with Gasteiger partial charge < -0.3 is 4.74 Å². The summed E-state index contributed by atoms with van der Waals surface area (Å²) >= 11 is 0. The topological polar surface area (TPSA) is 47.6 Å². The van der Waals surface area contributed by atoms with Crippen LogP contribution >= 0.6 is 0 Å². The first-order chi connectivity index (χ1) is 6.77. The van der Waals surface area contributed by atoms with Gasteiger partial charge in [0.15, 0.2) is 0 Å². The molecule has 4 nitrogen and oxygen atoms in total. The van der Waals surface area contributed by atoms with Gasteiger partial charge in [0.1, 0.15) is 5.75 Å². The molecule has 0 radical (unpaired) electrons. The Balaban J connectivity index is 2.77. The molecule has 0 atom stereocenters. The van der Waals surface area contributed by atoms with E-state index < -0.39 is 0 Å². The molecule has 76 valence electrons. The van der Waals surface area contributed by atoms with Gasteiger partial charge in [0.2, 0.25) is 0 Å². The highest BCUT2D eigenvalue weighted by Crippen LogP contribution is 2.12. The van der Waals surface area contributed by atoms with Crippen LogP contribution in [-0.4, -0.2) is 19.6 Å². The van der Waals surface area contributed by atoms with Crippen LogP contribution in [0.1, 0.15) is 17.3 Å². The zero-order valence-corrected chi connectivity index (χ0v) is 8.24. The van der Waals surface area contributed by atoms with E-state index in [4.69, 9.17) is 4.74 Å². The summed E-state index contributed by atoms with van der Waals surface area (Å²) in [6.07, 6.45) is 0. The Hall–Kier alpha value is -1.55. The van der Waals surface area contributed by atoms with Gasteiger partial charge in [-0.2, -0.15) is 0 Å². The van der Waals surface area contributed by atoms with Crippen LogP contribution in [0.3, 0.4) is 0 Å². The van der Waals surface area contributed by atoms with E-state index in [9.17, 15) is 4.79 Å². The van der Waals surface area contributed by atoms with Gasteiger partial charge in [-0.3, -0.25) is 9.63 Å². The standard InChI is InChI=1S/C10H13NO3/c1-3-14-9-6-4-5-8(7-9)10(12)11-13-2/h4-7H,3H2,1-2H3,(H,11,12). The molecule has 14 heavy (non-hydrogen) atoms. The summed E-state index contributed by atoms with van der Waals surface area (Å²) in [5.74, 6) is 0.394. The molecule has 1 amide bonds. The van der Waals surface area contributed by atoms with Crippen LogP contribution in [0.2, 0.25) is 0 Å². The monoisotopic (exact) mass is 195 g/mol. The number of rotatable bonds is 4. The predicted octanol–water partition coefficient (Wildman–Crippen LogP) is 1.38. The molecule has 0 unspecified atom stereocenters. The fourth-order valence-corrected chi connectivity index (χ4v) is 1.05. The zero-order chi connectivity index (χ0) is 10.4. The highest BCUT2D eigenvalue weighted by molar-refractivity contribution is 5.93. The number of amides is 1. The summed E-state index contributed by atoms with van der Waals surface area (Å²) in [5.41, 5.74) is 2.75. The lowest BCUT2D eigenvalue weighted by Gasteiger charge is -2.05. The molecule has 1 aromatic carbocycles. The number of hydrogen-bond donors (Lipinski definition) is 1. The van der Waals surface area contributed by atoms with E-state index in [1.54, 1.807) is 24.3 Å². The first-order valence-corrected chi connectivity index (χ1v) is 4.34. The summed E-state index contributed by atoms with van der Waals surface area (Å²) in [6, 6.07) is 6.91. The van der Waals surface area contributed by atoms with E-state index in [1.165, 1.54) is 7.11 Å². The summed E-state index contributed by atoms with van der Waals surface area (Å²) < 4.78 is 5.25. The van der Waals surface area contributed by atoms with Crippen LogP contribution in [-0.2, 0) is 4.84 Å². The van der Waals surface area contributed by atoms with Crippen LogP contribution in [0, 0.1) is 0 Å². The molecule has 0 aliphatic rings. The average molecular weight is 195 g/mol. The highest BCUT2D eigenvalue weighted by atomic mass is 16.6. The molecular formula is C10H13NO3. The van der Waals surface area contributed by atoms with Crippen molar-refractivity contribution in [3.63, 3.8) is 0 Å². The Labute approximate surface area is 82.8 Å². The third kappa shape index (κ3) is 2.74. The molecule has 0 heterocycles. The first-order valence-electron chi connectivity index (χ1n) is 4.34. The van der Waals surface area contributed by atoms with Gasteiger partial charge in [0, 0.05) is 5.56 Å². The number of nitrogens with one attached hydrogen (secondary N) is 1. The van der Waals surface area contributed by atoms with Crippen molar-refractivity contribution in [3.8, 4) is 5.75 Å². The average Bonchev–Trinajstić information content (AvgIpc) is 2.19. The van der Waals surface area contributed by atoms with Gasteiger partial charge >= 0.3 is 0 Å². The minimum atomic E-state index is -0.283. The lowest BCUT2D eigenvalue weighted by atomic mass is 10.2. The van der Waals surface area contributed by atoms with Gasteiger partial charge in [-0.15, -0.1) is 0 Å². The molecule has 1 N–H and O–H groups in total. The Morgan fingerprint density at radius 3 is 2.93 bits per heavy atom. The van der Waals surface area contributed by atoms with Crippen molar-refractivity contribution in [2.75, 3.05) is 13.7 Å². The molecule has 4 heteroatoms. The van der Waals surface area contributed by atoms with E-state index in [-0.39, 0.29) is 5.91 Å². The fourth-order valence-electron chi connectivity index (χ4n) is 1.05. The van der Waals surface area contributed by atoms with Crippen LogP contribution in [0.4, 0.5) is 0 Å². The second-order valence-electron chi connectivity index (χ2n) is 2.60.